The molecule has 3 rings (SSSR count). The fraction of sp³-hybridized carbons (Fsp3) is 0.0625. The van der Waals surface area contributed by atoms with Crippen molar-refractivity contribution >= 4 is 59.8 Å². The Morgan fingerprint density at radius 2 is 1.76 bits per heavy atom. The molecule has 0 amide bonds. The van der Waals surface area contributed by atoms with Crippen LogP contribution in [0.25, 0.3) is 10.8 Å². The van der Waals surface area contributed by atoms with Gasteiger partial charge in [0.25, 0.3) is 0 Å². The van der Waals surface area contributed by atoms with Gasteiger partial charge in [-0.25, -0.2) is 0 Å². The smallest absolute Gasteiger partial charge is 0.195 e. The third-order valence-electron chi connectivity index (χ3n) is 3.25. The second kappa shape index (κ2) is 5.91. The van der Waals surface area contributed by atoms with Crippen LogP contribution in [0.15, 0.2) is 50.0 Å². The van der Waals surface area contributed by atoms with E-state index < -0.39 is 0 Å². The molecule has 0 saturated heterocycles. The third-order valence-corrected chi connectivity index (χ3v) is 5.59. The molecule has 21 heavy (non-hydrogen) atoms. The highest BCUT2D eigenvalue weighted by Gasteiger charge is 2.18. The maximum atomic E-state index is 12.8. The quantitative estimate of drug-likeness (QED) is 0.505. The zero-order chi connectivity index (χ0) is 15.0. The highest BCUT2D eigenvalue weighted by Crippen LogP contribution is 2.35. The summed E-state index contributed by atoms with van der Waals surface area (Å²) < 4.78 is 7.13. The highest BCUT2D eigenvalue weighted by molar-refractivity contribution is 9.12. The Bertz CT molecular complexity index is 839. The molecule has 1 heterocycles. The average molecular weight is 426 g/mol. The van der Waals surface area contributed by atoms with E-state index in [0.29, 0.717) is 11.1 Å². The molecule has 0 aliphatic carbocycles. The number of hydrogen-bond donors (Lipinski definition) is 0. The molecule has 0 aliphatic rings. The minimum absolute atomic E-state index is 0.00248. The van der Waals surface area contributed by atoms with Crippen LogP contribution in [0, 0.1) is 0 Å². The molecule has 5 heteroatoms. The van der Waals surface area contributed by atoms with Crippen LogP contribution in [0.1, 0.15) is 15.9 Å². The Morgan fingerprint density at radius 1 is 1.05 bits per heavy atom. The molecule has 0 saturated carbocycles. The van der Waals surface area contributed by atoms with Crippen LogP contribution in [0.3, 0.4) is 0 Å². The number of fused-ring (bicyclic) bond motifs is 1. The molecule has 2 aromatic carbocycles. The van der Waals surface area contributed by atoms with Crippen LogP contribution in [0.2, 0.25) is 0 Å². The van der Waals surface area contributed by atoms with Crippen molar-refractivity contribution in [1.82, 2.24) is 0 Å². The Balaban J connectivity index is 2.21. The van der Waals surface area contributed by atoms with Gasteiger partial charge in [-0.15, -0.1) is 11.3 Å². The van der Waals surface area contributed by atoms with Crippen molar-refractivity contribution in [1.29, 1.82) is 0 Å². The van der Waals surface area contributed by atoms with Gasteiger partial charge < -0.3 is 4.74 Å². The molecule has 0 aliphatic heterocycles. The fourth-order valence-corrected chi connectivity index (χ4v) is 5.08. The molecule has 0 radical (unpaired) electrons. The van der Waals surface area contributed by atoms with Gasteiger partial charge in [-0.3, -0.25) is 4.79 Å². The van der Waals surface area contributed by atoms with Crippen molar-refractivity contribution in [2.45, 2.75) is 0 Å². The number of methoxy groups -OCH3 is 1. The van der Waals surface area contributed by atoms with Gasteiger partial charge in [0, 0.05) is 16.5 Å². The van der Waals surface area contributed by atoms with E-state index in [-0.39, 0.29) is 5.78 Å². The number of benzene rings is 2. The van der Waals surface area contributed by atoms with Gasteiger partial charge in [0.2, 0.25) is 0 Å². The Hall–Kier alpha value is -1.17. The van der Waals surface area contributed by atoms with Crippen molar-refractivity contribution < 1.29 is 9.53 Å². The molecule has 0 atom stereocenters. The molecule has 2 nitrogen and oxygen atoms in total. The van der Waals surface area contributed by atoms with Crippen LogP contribution in [-0.2, 0) is 0 Å². The summed E-state index contributed by atoms with van der Waals surface area (Å²) in [6.07, 6.45) is 0. The topological polar surface area (TPSA) is 26.3 Å². The first-order valence-electron chi connectivity index (χ1n) is 6.17. The van der Waals surface area contributed by atoms with Gasteiger partial charge in [-0.1, -0.05) is 24.3 Å². The number of hydrogen-bond acceptors (Lipinski definition) is 3. The van der Waals surface area contributed by atoms with E-state index in [2.05, 4.69) is 31.9 Å². The van der Waals surface area contributed by atoms with Crippen molar-refractivity contribution in [3.05, 3.63) is 61.2 Å². The van der Waals surface area contributed by atoms with E-state index in [1.165, 1.54) is 11.3 Å². The van der Waals surface area contributed by atoms with Crippen molar-refractivity contribution in [2.75, 3.05) is 7.11 Å². The van der Waals surface area contributed by atoms with Gasteiger partial charge >= 0.3 is 0 Å². The van der Waals surface area contributed by atoms with Gasteiger partial charge in [-0.2, -0.15) is 0 Å². The van der Waals surface area contributed by atoms with Crippen LogP contribution >= 0.6 is 43.2 Å². The summed E-state index contributed by atoms with van der Waals surface area (Å²) in [5.41, 5.74) is 1.35. The lowest BCUT2D eigenvalue weighted by molar-refractivity contribution is 0.104. The second-order valence-corrected chi connectivity index (χ2v) is 8.18. The molecule has 3 aromatic rings. The lowest BCUT2D eigenvalue weighted by Gasteiger charge is -2.09. The lowest BCUT2D eigenvalue weighted by atomic mass is 9.98. The first kappa shape index (κ1) is 14.8. The fourth-order valence-electron chi connectivity index (χ4n) is 2.29. The van der Waals surface area contributed by atoms with E-state index in [1.54, 1.807) is 7.11 Å². The number of ether oxygens (including phenoxy) is 1. The van der Waals surface area contributed by atoms with E-state index >= 15 is 0 Å². The van der Waals surface area contributed by atoms with Gasteiger partial charge in [0.05, 0.1) is 14.7 Å². The van der Waals surface area contributed by atoms with Crippen LogP contribution in [0.5, 0.6) is 5.75 Å². The number of thiophene rings is 1. The largest absolute Gasteiger partial charge is 0.496 e. The monoisotopic (exact) mass is 424 g/mol. The molecular weight excluding hydrogens is 416 g/mol. The minimum atomic E-state index is 0.00248. The van der Waals surface area contributed by atoms with Gasteiger partial charge in [-0.05, 0) is 55.4 Å². The Labute approximate surface area is 143 Å². The molecule has 0 fully saturated rings. The Kier molecular flexibility index (Phi) is 4.15. The summed E-state index contributed by atoms with van der Waals surface area (Å²) in [7, 11) is 1.63. The van der Waals surface area contributed by atoms with E-state index in [0.717, 1.165) is 24.1 Å². The van der Waals surface area contributed by atoms with Crippen LogP contribution in [0.4, 0.5) is 0 Å². The average Bonchev–Trinajstić information content (AvgIpc) is 2.84. The number of ketones is 1. The lowest BCUT2D eigenvalue weighted by Crippen LogP contribution is -2.02. The highest BCUT2D eigenvalue weighted by atomic mass is 79.9. The van der Waals surface area contributed by atoms with E-state index in [4.69, 9.17) is 4.74 Å². The van der Waals surface area contributed by atoms with Crippen LogP contribution in [-0.4, -0.2) is 12.9 Å². The molecule has 106 valence electrons. The van der Waals surface area contributed by atoms with Crippen LogP contribution < -0.4 is 4.74 Å². The molecule has 1 aromatic heterocycles. The molecule has 0 unspecified atom stereocenters. The zero-order valence-electron chi connectivity index (χ0n) is 11.0. The normalized spacial score (nSPS) is 10.8. The van der Waals surface area contributed by atoms with Crippen molar-refractivity contribution in [3.63, 3.8) is 0 Å². The summed E-state index contributed by atoms with van der Waals surface area (Å²) in [5.74, 6) is 0.774. The van der Waals surface area contributed by atoms with E-state index in [9.17, 15) is 4.79 Å². The SMILES string of the molecule is COc1ccc(C(=O)c2cc(Br)sc2Br)c2ccccc12. The standard InChI is InChI=1S/C16H10Br2O2S/c1-20-13-7-6-11(9-4-2-3-5-10(9)13)15(19)12-8-14(17)21-16(12)18/h2-8H,1H3. The summed E-state index contributed by atoms with van der Waals surface area (Å²) in [5, 5.41) is 1.84. The number of carbonyl (C=O) groups excluding carboxylic acids is 1. The molecule has 0 N–H and O–H groups in total. The van der Waals surface area contributed by atoms with Gasteiger partial charge in [0.1, 0.15) is 5.75 Å². The Morgan fingerprint density at radius 3 is 2.38 bits per heavy atom. The number of rotatable bonds is 3. The molecular formula is C16H10Br2O2S. The minimum Gasteiger partial charge on any atom is -0.496 e. The zero-order valence-corrected chi connectivity index (χ0v) is 15.0. The first-order chi connectivity index (χ1) is 10.1. The van der Waals surface area contributed by atoms with Crippen molar-refractivity contribution in [2.24, 2.45) is 0 Å². The predicted octanol–water partition coefficient (Wildman–Crippen LogP) is 5.67. The summed E-state index contributed by atoms with van der Waals surface area (Å²) in [4.78, 5) is 12.8. The molecule has 0 spiro atoms. The summed E-state index contributed by atoms with van der Waals surface area (Å²) in [6.45, 7) is 0. The first-order valence-corrected chi connectivity index (χ1v) is 8.57. The maximum Gasteiger partial charge on any atom is 0.195 e. The number of carbonyl (C=O) groups is 1. The molecule has 0 bridgehead atoms. The third kappa shape index (κ3) is 2.65. The summed E-state index contributed by atoms with van der Waals surface area (Å²) in [6, 6.07) is 13.3. The predicted molar refractivity (Wildman–Crippen MR) is 93.7 cm³/mol. The number of halogens is 2. The van der Waals surface area contributed by atoms with Crippen molar-refractivity contribution in [3.8, 4) is 5.75 Å². The second-order valence-electron chi connectivity index (χ2n) is 4.43. The summed E-state index contributed by atoms with van der Waals surface area (Å²) >= 11 is 8.36. The van der Waals surface area contributed by atoms with Gasteiger partial charge in [0.15, 0.2) is 5.78 Å². The maximum absolute atomic E-state index is 12.8. The van der Waals surface area contributed by atoms with E-state index in [1.807, 2.05) is 42.5 Å².